The summed E-state index contributed by atoms with van der Waals surface area (Å²) in [6.45, 7) is 2.38. The Hall–Kier alpha value is -3.61. The van der Waals surface area contributed by atoms with Gasteiger partial charge < -0.3 is 29.9 Å². The highest BCUT2D eigenvalue weighted by Crippen LogP contribution is 2.63. The fourth-order valence-electron chi connectivity index (χ4n) is 8.19. The molecule has 5 N–H and O–H groups in total. The Morgan fingerprint density at radius 3 is 2.28 bits per heavy atom. The van der Waals surface area contributed by atoms with Crippen molar-refractivity contribution in [3.63, 3.8) is 0 Å². The highest BCUT2D eigenvalue weighted by Gasteiger charge is 2.53. The first-order chi connectivity index (χ1) is 27.5. The molecule has 2 saturated heterocycles. The van der Waals surface area contributed by atoms with Crippen LogP contribution in [0.5, 0.6) is 0 Å². The number of amides is 3. The van der Waals surface area contributed by atoms with Gasteiger partial charge in [0.05, 0.1) is 12.8 Å². The van der Waals surface area contributed by atoms with Crippen LogP contribution in [0.2, 0.25) is 0 Å². The van der Waals surface area contributed by atoms with Crippen LogP contribution in [0.25, 0.3) is 10.9 Å². The van der Waals surface area contributed by atoms with Crippen molar-refractivity contribution in [1.82, 2.24) is 30.7 Å². The van der Waals surface area contributed by atoms with E-state index in [-0.39, 0.29) is 35.7 Å². The summed E-state index contributed by atoms with van der Waals surface area (Å²) < 4.78 is 48.7. The van der Waals surface area contributed by atoms with E-state index in [1.807, 2.05) is 0 Å². The Morgan fingerprint density at radius 2 is 1.61 bits per heavy atom. The Kier molecular flexibility index (Phi) is 17.1. The van der Waals surface area contributed by atoms with Crippen LogP contribution in [0.3, 0.4) is 0 Å². The lowest BCUT2D eigenvalue weighted by molar-refractivity contribution is -0.142. The fraction of sp³-hybridized carbons (Fsp3) is 0.667. The molecule has 2 fully saturated rings. The number of halogens is 2. The summed E-state index contributed by atoms with van der Waals surface area (Å²) in [6, 6.07) is 3.34. The quantitative estimate of drug-likeness (QED) is 0.0444. The predicted octanol–water partition coefficient (Wildman–Crippen LogP) is 9.01. The Balaban J connectivity index is 1.08. The topological polar surface area (TPSA) is 170 Å². The molecule has 2 aromatic heterocycles. The standard InChI is InChI=1S/C42H63F2N6O6P/c1-2-3-4-5-6-7-8-9-10-11-12-13-14-17-26-56-57(54,55)42(43,44)33-21-20-32-27-37(48-36(32)28-33)39(51)49-35-19-16-15-18-34-22-23-38(50(34)41(35)53)40(52)45-25-24-31-29-46-47-30-31/h20-21,27-30,34-35,38,48H,2-19,22-26H2,1H3,(H,45,52)(H,46,47)(H,49,51)(H,54,55)/t34-,35-,38-/m0/s1. The van der Waals surface area contributed by atoms with Crippen LogP contribution in [0, 0.1) is 0 Å². The smallest absolute Gasteiger partial charge is 0.354 e. The van der Waals surface area contributed by atoms with Crippen LogP contribution in [-0.4, -0.2) is 74.0 Å². The number of fused-ring (bicyclic) bond motifs is 2. The number of carbonyl (C=O) groups is 3. The van der Waals surface area contributed by atoms with E-state index in [4.69, 9.17) is 4.52 Å². The molecule has 3 amide bonds. The van der Waals surface area contributed by atoms with Crippen molar-refractivity contribution in [2.45, 2.75) is 166 Å². The molecule has 2 aliphatic heterocycles. The first kappa shape index (κ1) is 44.5. The predicted molar refractivity (Wildman–Crippen MR) is 217 cm³/mol. The van der Waals surface area contributed by atoms with Gasteiger partial charge in [0.15, 0.2) is 0 Å². The lowest BCUT2D eigenvalue weighted by Crippen LogP contribution is -2.56. The van der Waals surface area contributed by atoms with Gasteiger partial charge in [-0.25, -0.2) is 0 Å². The Bertz CT molecular complexity index is 1770. The maximum atomic E-state index is 15.5. The second-order valence-corrected chi connectivity index (χ2v) is 17.8. The number of carbonyl (C=O) groups excluding carboxylic acids is 3. The lowest BCUT2D eigenvalue weighted by Gasteiger charge is -2.35. The zero-order valence-electron chi connectivity index (χ0n) is 33.5. The fourth-order valence-corrected chi connectivity index (χ4v) is 9.19. The summed E-state index contributed by atoms with van der Waals surface area (Å²) in [6.07, 6.45) is 23.9. The molecule has 2 aliphatic rings. The number of benzene rings is 1. The molecule has 57 heavy (non-hydrogen) atoms. The number of aromatic amines is 2. The number of nitrogens with zero attached hydrogens (tertiary/aromatic N) is 2. The van der Waals surface area contributed by atoms with E-state index in [9.17, 15) is 23.8 Å². The van der Waals surface area contributed by atoms with Crippen molar-refractivity contribution in [2.24, 2.45) is 0 Å². The number of H-pyrrole nitrogens is 2. The number of hydrogen-bond donors (Lipinski definition) is 5. The highest BCUT2D eigenvalue weighted by atomic mass is 31.2. The second-order valence-electron chi connectivity index (χ2n) is 15.9. The van der Waals surface area contributed by atoms with Crippen LogP contribution in [0.15, 0.2) is 36.7 Å². The van der Waals surface area contributed by atoms with Crippen LogP contribution in [-0.2, 0) is 30.8 Å². The summed E-state index contributed by atoms with van der Waals surface area (Å²) >= 11 is 0. The summed E-state index contributed by atoms with van der Waals surface area (Å²) in [5.41, 5.74) is -3.71. The van der Waals surface area contributed by atoms with Gasteiger partial charge in [-0.15, -0.1) is 0 Å². The minimum atomic E-state index is -5.37. The van der Waals surface area contributed by atoms with E-state index in [0.717, 1.165) is 62.6 Å². The van der Waals surface area contributed by atoms with E-state index < -0.39 is 36.8 Å². The van der Waals surface area contributed by atoms with Crippen LogP contribution in [0.1, 0.15) is 157 Å². The molecular formula is C42H63F2N6O6P. The van der Waals surface area contributed by atoms with Crippen LogP contribution in [0.4, 0.5) is 8.78 Å². The number of aromatic nitrogens is 3. The summed E-state index contributed by atoms with van der Waals surface area (Å²) in [5, 5.41) is 12.9. The molecule has 1 aromatic carbocycles. The molecule has 0 radical (unpaired) electrons. The molecule has 1 unspecified atom stereocenters. The first-order valence-corrected chi connectivity index (χ1v) is 23.0. The zero-order valence-corrected chi connectivity index (χ0v) is 34.4. The summed E-state index contributed by atoms with van der Waals surface area (Å²) in [7, 11) is -5.37. The zero-order chi connectivity index (χ0) is 40.7. The van der Waals surface area contributed by atoms with Gasteiger partial charge in [0.1, 0.15) is 17.8 Å². The van der Waals surface area contributed by atoms with E-state index in [0.29, 0.717) is 44.0 Å². The van der Waals surface area contributed by atoms with Gasteiger partial charge in [0, 0.05) is 35.2 Å². The van der Waals surface area contributed by atoms with Crippen LogP contribution >= 0.6 is 7.60 Å². The summed E-state index contributed by atoms with van der Waals surface area (Å²) in [4.78, 5) is 55.5. The van der Waals surface area contributed by atoms with Gasteiger partial charge in [-0.2, -0.15) is 13.9 Å². The molecule has 12 nitrogen and oxygen atoms in total. The Morgan fingerprint density at radius 1 is 0.947 bits per heavy atom. The SMILES string of the molecule is CCCCCCCCCCCCCCCCOP(=O)(O)C(F)(F)c1ccc2cc(C(=O)N[C@H]3CCCC[C@H]4CC[C@@H](C(=O)NCCc5cn[nH]c5)N4C3=O)[nH]c2c1. The molecule has 0 aliphatic carbocycles. The molecule has 0 spiro atoms. The molecule has 15 heteroatoms. The van der Waals surface area contributed by atoms with E-state index in [1.165, 1.54) is 69.9 Å². The largest absolute Gasteiger partial charge is 0.401 e. The van der Waals surface area contributed by atoms with Gasteiger partial charge in [-0.3, -0.25) is 24.0 Å². The van der Waals surface area contributed by atoms with E-state index >= 15 is 8.78 Å². The van der Waals surface area contributed by atoms with Crippen molar-refractivity contribution in [2.75, 3.05) is 13.2 Å². The number of unbranched alkanes of at least 4 members (excludes halogenated alkanes) is 13. The van der Waals surface area contributed by atoms with Crippen molar-refractivity contribution in [3.8, 4) is 0 Å². The normalized spacial score (nSPS) is 19.9. The minimum Gasteiger partial charge on any atom is -0.354 e. The summed E-state index contributed by atoms with van der Waals surface area (Å²) in [5.74, 6) is -1.14. The van der Waals surface area contributed by atoms with Crippen molar-refractivity contribution in [1.29, 1.82) is 0 Å². The molecule has 5 rings (SSSR count). The number of alkyl halides is 2. The van der Waals surface area contributed by atoms with Crippen molar-refractivity contribution < 1.29 is 37.1 Å². The third-order valence-corrected chi connectivity index (χ3v) is 13.0. The monoisotopic (exact) mass is 816 g/mol. The highest BCUT2D eigenvalue weighted by molar-refractivity contribution is 7.53. The van der Waals surface area contributed by atoms with Gasteiger partial charge >= 0.3 is 13.3 Å². The van der Waals surface area contributed by atoms with Gasteiger partial charge in [0.2, 0.25) is 11.8 Å². The maximum absolute atomic E-state index is 15.5. The van der Waals surface area contributed by atoms with Gasteiger partial charge in [-0.05, 0) is 56.2 Å². The average Bonchev–Trinajstić information content (AvgIpc) is 3.97. The lowest BCUT2D eigenvalue weighted by atomic mass is 9.99. The number of hydrogen-bond acceptors (Lipinski definition) is 6. The molecule has 0 bridgehead atoms. The molecule has 316 valence electrons. The average molecular weight is 817 g/mol. The van der Waals surface area contributed by atoms with Crippen molar-refractivity contribution in [3.05, 3.63) is 53.5 Å². The number of nitrogens with one attached hydrogen (secondary N) is 4. The molecule has 4 heterocycles. The van der Waals surface area contributed by atoms with E-state index in [1.54, 1.807) is 17.3 Å². The maximum Gasteiger partial charge on any atom is 0.401 e. The molecule has 0 saturated carbocycles. The second kappa shape index (κ2) is 22.0. The molecule has 4 atom stereocenters. The molecular weight excluding hydrogens is 753 g/mol. The Labute approximate surface area is 335 Å². The minimum absolute atomic E-state index is 0.0491. The van der Waals surface area contributed by atoms with Gasteiger partial charge in [0.25, 0.3) is 5.91 Å². The van der Waals surface area contributed by atoms with Gasteiger partial charge in [-0.1, -0.05) is 115 Å². The number of rotatable bonds is 24. The third kappa shape index (κ3) is 12.4. The first-order valence-electron chi connectivity index (χ1n) is 21.4. The molecule has 3 aromatic rings. The van der Waals surface area contributed by atoms with E-state index in [2.05, 4.69) is 32.7 Å². The third-order valence-electron chi connectivity index (χ3n) is 11.5. The van der Waals surface area contributed by atoms with Crippen molar-refractivity contribution >= 4 is 36.2 Å². The van der Waals surface area contributed by atoms with Crippen LogP contribution < -0.4 is 10.6 Å².